The fraction of sp³-hybridized carbons (Fsp3) is 0.562. The van der Waals surface area contributed by atoms with Crippen molar-refractivity contribution < 1.29 is 14.6 Å². The van der Waals surface area contributed by atoms with E-state index >= 15 is 0 Å². The van der Waals surface area contributed by atoms with Crippen LogP contribution < -0.4 is 10.1 Å². The Labute approximate surface area is 120 Å². The highest BCUT2D eigenvalue weighted by Gasteiger charge is 2.37. The van der Waals surface area contributed by atoms with Crippen LogP contribution in [0.15, 0.2) is 24.3 Å². The predicted molar refractivity (Wildman–Crippen MR) is 78.1 cm³/mol. The molecule has 1 aliphatic carbocycles. The third-order valence-electron chi connectivity index (χ3n) is 3.65. The highest BCUT2D eigenvalue weighted by molar-refractivity contribution is 5.78. The van der Waals surface area contributed by atoms with Crippen LogP contribution in [-0.4, -0.2) is 29.3 Å². The van der Waals surface area contributed by atoms with Gasteiger partial charge in [0.05, 0.1) is 6.61 Å². The molecule has 0 saturated heterocycles. The first kappa shape index (κ1) is 14.9. The second kappa shape index (κ2) is 6.27. The molecule has 0 bridgehead atoms. The number of aliphatic carboxylic acids is 1. The third kappa shape index (κ3) is 4.23. The van der Waals surface area contributed by atoms with Crippen molar-refractivity contribution in [1.82, 2.24) is 5.32 Å². The molecule has 0 spiro atoms. The lowest BCUT2D eigenvalue weighted by Gasteiger charge is -2.26. The van der Waals surface area contributed by atoms with Gasteiger partial charge >= 0.3 is 5.97 Å². The summed E-state index contributed by atoms with van der Waals surface area (Å²) in [7, 11) is 0. The average molecular weight is 277 g/mol. The van der Waals surface area contributed by atoms with Crippen molar-refractivity contribution in [1.29, 1.82) is 0 Å². The van der Waals surface area contributed by atoms with Gasteiger partial charge in [0.25, 0.3) is 0 Å². The van der Waals surface area contributed by atoms with E-state index in [9.17, 15) is 9.90 Å². The van der Waals surface area contributed by atoms with Crippen molar-refractivity contribution in [3.05, 3.63) is 29.8 Å². The Morgan fingerprint density at radius 2 is 2.25 bits per heavy atom. The van der Waals surface area contributed by atoms with E-state index in [1.165, 1.54) is 0 Å². The second-order valence-electron chi connectivity index (χ2n) is 5.82. The molecule has 0 heterocycles. The Balaban J connectivity index is 1.77. The minimum atomic E-state index is -0.836. The number of ether oxygens (including phenoxy) is 1. The molecule has 0 radical (unpaired) electrons. The summed E-state index contributed by atoms with van der Waals surface area (Å²) in [5, 5.41) is 12.6. The fourth-order valence-electron chi connectivity index (χ4n) is 2.24. The monoisotopic (exact) mass is 277 g/mol. The zero-order valence-electron chi connectivity index (χ0n) is 12.2. The zero-order chi connectivity index (χ0) is 14.6. The van der Waals surface area contributed by atoms with E-state index in [4.69, 9.17) is 4.74 Å². The lowest BCUT2D eigenvalue weighted by atomic mass is 9.96. The summed E-state index contributed by atoms with van der Waals surface area (Å²) in [5.41, 5.74) is 0.324. The first-order chi connectivity index (χ1) is 9.49. The Kier molecular flexibility index (Phi) is 4.65. The minimum Gasteiger partial charge on any atom is -0.494 e. The van der Waals surface area contributed by atoms with Crippen LogP contribution in [0.25, 0.3) is 0 Å². The van der Waals surface area contributed by atoms with Gasteiger partial charge in [0.2, 0.25) is 0 Å². The van der Waals surface area contributed by atoms with Gasteiger partial charge in [-0.05, 0) is 57.2 Å². The summed E-state index contributed by atoms with van der Waals surface area (Å²) < 4.78 is 5.66. The molecule has 1 unspecified atom stereocenters. The van der Waals surface area contributed by atoms with E-state index in [0.717, 1.165) is 30.6 Å². The molecule has 1 fully saturated rings. The topological polar surface area (TPSA) is 58.6 Å². The van der Waals surface area contributed by atoms with E-state index in [2.05, 4.69) is 5.32 Å². The molecule has 2 rings (SSSR count). The number of carbonyl (C=O) groups is 1. The highest BCUT2D eigenvalue weighted by Crippen LogP contribution is 2.25. The van der Waals surface area contributed by atoms with Crippen LogP contribution in [0.5, 0.6) is 5.75 Å². The molecule has 0 amide bonds. The molecule has 4 heteroatoms. The number of hydrogen-bond donors (Lipinski definition) is 2. The zero-order valence-corrected chi connectivity index (χ0v) is 12.2. The fourth-order valence-corrected chi connectivity index (χ4v) is 2.24. The number of carboxylic acid groups (broad SMARTS) is 1. The van der Waals surface area contributed by atoms with Crippen molar-refractivity contribution in [3.8, 4) is 5.75 Å². The van der Waals surface area contributed by atoms with Gasteiger partial charge in [-0.15, -0.1) is 0 Å². The SMILES string of the molecule is Cc1cccc(OCCCC(C)(NC2CC2)C(=O)O)c1. The second-order valence-corrected chi connectivity index (χ2v) is 5.82. The molecule has 1 aromatic rings. The first-order valence-electron chi connectivity index (χ1n) is 7.20. The van der Waals surface area contributed by atoms with Gasteiger partial charge in [-0.1, -0.05) is 12.1 Å². The lowest BCUT2D eigenvalue weighted by Crippen LogP contribution is -2.50. The molecule has 0 aliphatic heterocycles. The summed E-state index contributed by atoms with van der Waals surface area (Å²) in [6.07, 6.45) is 3.46. The van der Waals surface area contributed by atoms with Crippen molar-refractivity contribution >= 4 is 5.97 Å². The van der Waals surface area contributed by atoms with Gasteiger partial charge in [-0.3, -0.25) is 10.1 Å². The molecule has 1 atom stereocenters. The number of benzene rings is 1. The molecule has 0 aromatic heterocycles. The Morgan fingerprint density at radius 3 is 2.85 bits per heavy atom. The van der Waals surface area contributed by atoms with Crippen LogP contribution in [0.3, 0.4) is 0 Å². The maximum Gasteiger partial charge on any atom is 0.323 e. The van der Waals surface area contributed by atoms with E-state index in [0.29, 0.717) is 19.1 Å². The maximum absolute atomic E-state index is 11.4. The molecular formula is C16H23NO3. The highest BCUT2D eigenvalue weighted by atomic mass is 16.5. The number of aryl methyl sites for hydroxylation is 1. The van der Waals surface area contributed by atoms with E-state index in [1.54, 1.807) is 6.92 Å². The number of rotatable bonds is 8. The van der Waals surface area contributed by atoms with Crippen LogP contribution in [0.2, 0.25) is 0 Å². The molecule has 110 valence electrons. The molecule has 2 N–H and O–H groups in total. The lowest BCUT2D eigenvalue weighted by molar-refractivity contribution is -0.144. The van der Waals surface area contributed by atoms with Gasteiger partial charge in [-0.2, -0.15) is 0 Å². The summed E-state index contributed by atoms with van der Waals surface area (Å²) in [6.45, 7) is 4.33. The largest absolute Gasteiger partial charge is 0.494 e. The Morgan fingerprint density at radius 1 is 1.50 bits per heavy atom. The molecule has 4 nitrogen and oxygen atoms in total. The van der Waals surface area contributed by atoms with E-state index < -0.39 is 11.5 Å². The smallest absolute Gasteiger partial charge is 0.323 e. The van der Waals surface area contributed by atoms with Crippen LogP contribution in [0.1, 0.15) is 38.2 Å². The normalized spacial score (nSPS) is 17.5. The predicted octanol–water partition coefficient (Wildman–Crippen LogP) is 2.75. The third-order valence-corrected chi connectivity index (χ3v) is 3.65. The van der Waals surface area contributed by atoms with Gasteiger partial charge in [0.15, 0.2) is 0 Å². The van der Waals surface area contributed by atoms with Gasteiger partial charge < -0.3 is 9.84 Å². The number of carboxylic acids is 1. The average Bonchev–Trinajstić information content (AvgIpc) is 3.18. The summed E-state index contributed by atoms with van der Waals surface area (Å²) in [6, 6.07) is 8.27. The van der Waals surface area contributed by atoms with Gasteiger partial charge in [-0.25, -0.2) is 0 Å². The first-order valence-corrected chi connectivity index (χ1v) is 7.20. The van der Waals surface area contributed by atoms with E-state index in [-0.39, 0.29) is 0 Å². The van der Waals surface area contributed by atoms with Crippen molar-refractivity contribution in [2.75, 3.05) is 6.61 Å². The van der Waals surface area contributed by atoms with Crippen molar-refractivity contribution in [3.63, 3.8) is 0 Å². The quantitative estimate of drug-likeness (QED) is 0.717. The summed E-state index contributed by atoms with van der Waals surface area (Å²) >= 11 is 0. The van der Waals surface area contributed by atoms with Crippen LogP contribution >= 0.6 is 0 Å². The molecule has 1 saturated carbocycles. The van der Waals surface area contributed by atoms with Crippen LogP contribution in [0.4, 0.5) is 0 Å². The summed E-state index contributed by atoms with van der Waals surface area (Å²) in [5.74, 6) is 0.0668. The van der Waals surface area contributed by atoms with Crippen LogP contribution in [0, 0.1) is 6.92 Å². The number of nitrogens with one attached hydrogen (secondary N) is 1. The molecule has 1 aliphatic rings. The molecular weight excluding hydrogens is 254 g/mol. The van der Waals surface area contributed by atoms with E-state index in [1.807, 2.05) is 31.2 Å². The van der Waals surface area contributed by atoms with Crippen LogP contribution in [-0.2, 0) is 4.79 Å². The Hall–Kier alpha value is -1.55. The maximum atomic E-state index is 11.4. The van der Waals surface area contributed by atoms with Crippen molar-refractivity contribution in [2.24, 2.45) is 0 Å². The van der Waals surface area contributed by atoms with Crippen molar-refractivity contribution in [2.45, 2.75) is 51.1 Å². The Bertz CT molecular complexity index is 471. The molecule has 1 aromatic carbocycles. The minimum absolute atomic E-state index is 0.383. The number of hydrogen-bond acceptors (Lipinski definition) is 3. The van der Waals surface area contributed by atoms with Gasteiger partial charge in [0, 0.05) is 6.04 Å². The summed E-state index contributed by atoms with van der Waals surface area (Å²) in [4.78, 5) is 11.4. The van der Waals surface area contributed by atoms with Gasteiger partial charge in [0.1, 0.15) is 11.3 Å². The molecule has 20 heavy (non-hydrogen) atoms. The standard InChI is InChI=1S/C16H23NO3/c1-12-5-3-6-14(11-12)20-10-4-9-16(2,15(18)19)17-13-7-8-13/h3,5-6,11,13,17H,4,7-10H2,1-2H3,(H,18,19).